The van der Waals surface area contributed by atoms with Crippen LogP contribution in [0, 0.1) is 34.1 Å². The van der Waals surface area contributed by atoms with Crippen molar-refractivity contribution < 1.29 is 9.85 Å². The van der Waals surface area contributed by atoms with Crippen LogP contribution >= 0.6 is 21.6 Å². The molecule has 190 valence electrons. The summed E-state index contributed by atoms with van der Waals surface area (Å²) in [6, 6.07) is 28.6. The number of para-hydroxylation sites is 2. The van der Waals surface area contributed by atoms with Crippen molar-refractivity contribution in [1.29, 1.82) is 0 Å². The van der Waals surface area contributed by atoms with Gasteiger partial charge in [0.15, 0.2) is 0 Å². The summed E-state index contributed by atoms with van der Waals surface area (Å²) in [5.74, 6) is 0. The predicted molar refractivity (Wildman–Crippen MR) is 156 cm³/mol. The number of nitrogens with zero attached hydrogens (tertiary/aromatic N) is 4. The number of rotatable bonds is 6. The van der Waals surface area contributed by atoms with Crippen molar-refractivity contribution in [2.24, 2.45) is 9.98 Å². The molecule has 38 heavy (non-hydrogen) atoms. The van der Waals surface area contributed by atoms with Crippen LogP contribution in [-0.2, 0) is 0 Å². The lowest BCUT2D eigenvalue weighted by Crippen LogP contribution is -2.01. The van der Waals surface area contributed by atoms with Gasteiger partial charge in [-0.15, -0.1) is 0 Å². The second-order valence-electron chi connectivity index (χ2n) is 8.19. The smallest absolute Gasteiger partial charge is 0.258 e. The lowest BCUT2D eigenvalue weighted by atomic mass is 10.1. The van der Waals surface area contributed by atoms with E-state index in [4.69, 9.17) is 9.98 Å². The molecule has 0 saturated heterocycles. The number of benzene rings is 4. The molecule has 4 rings (SSSR count). The van der Waals surface area contributed by atoms with E-state index in [2.05, 4.69) is 0 Å². The first-order valence-corrected chi connectivity index (χ1v) is 13.6. The molecular weight excluding hydrogens is 520 g/mol. The number of aliphatic imine (C=N–C) groups is 2. The Kier molecular flexibility index (Phi) is 8.67. The molecule has 0 aromatic heterocycles. The summed E-state index contributed by atoms with van der Waals surface area (Å²) in [5.41, 5.74) is 3.85. The van der Waals surface area contributed by atoms with Gasteiger partial charge in [0.25, 0.3) is 11.4 Å². The Labute approximate surface area is 227 Å². The van der Waals surface area contributed by atoms with Crippen LogP contribution in [0.15, 0.2) is 107 Å². The molecule has 0 atom stereocenters. The van der Waals surface area contributed by atoms with Crippen LogP contribution in [0.1, 0.15) is 22.3 Å². The molecule has 0 N–H and O–H groups in total. The lowest BCUT2D eigenvalue weighted by molar-refractivity contribution is -0.385. The van der Waals surface area contributed by atoms with E-state index in [1.807, 2.05) is 66.7 Å². The normalized spacial score (nSPS) is 11.8. The number of nitro benzene ring substituents is 2. The Morgan fingerprint density at radius 1 is 0.605 bits per heavy atom. The Bertz CT molecular complexity index is 1540. The topological polar surface area (TPSA) is 111 Å². The van der Waals surface area contributed by atoms with Gasteiger partial charge in [-0.3, -0.25) is 20.2 Å². The maximum absolute atomic E-state index is 11.6. The summed E-state index contributed by atoms with van der Waals surface area (Å²) in [6.45, 7) is 3.38. The monoisotopic (exact) mass is 542 g/mol. The average Bonchev–Trinajstić information content (AvgIpc) is 2.91. The van der Waals surface area contributed by atoms with Crippen molar-refractivity contribution in [2.75, 3.05) is 0 Å². The number of nitro groups is 2. The Morgan fingerprint density at radius 2 is 1.08 bits per heavy atom. The van der Waals surface area contributed by atoms with Crippen LogP contribution in [0.2, 0.25) is 0 Å². The number of hydrogen-bond donors (Lipinski definition) is 0. The van der Waals surface area contributed by atoms with Gasteiger partial charge in [-0.1, -0.05) is 48.5 Å². The Balaban J connectivity index is 1.76. The van der Waals surface area contributed by atoms with Gasteiger partial charge in [-0.05, 0) is 71.8 Å². The van der Waals surface area contributed by atoms with E-state index in [0.29, 0.717) is 38.0 Å². The van der Waals surface area contributed by atoms with Gasteiger partial charge in [0, 0.05) is 34.4 Å². The second kappa shape index (κ2) is 12.3. The van der Waals surface area contributed by atoms with Gasteiger partial charge >= 0.3 is 0 Å². The van der Waals surface area contributed by atoms with E-state index in [1.54, 1.807) is 32.0 Å². The first-order chi connectivity index (χ1) is 18.3. The minimum atomic E-state index is -0.413. The average molecular weight is 543 g/mol. The molecule has 4 aromatic rings. The molecule has 0 radical (unpaired) electrons. The fraction of sp³-hybridized carbons (Fsp3) is 0.0714. The van der Waals surface area contributed by atoms with Crippen LogP contribution in [0.3, 0.4) is 0 Å². The minimum Gasteiger partial charge on any atom is -0.258 e. The predicted octanol–water partition coefficient (Wildman–Crippen LogP) is 8.36. The highest BCUT2D eigenvalue weighted by molar-refractivity contribution is 8.87. The zero-order valence-electron chi connectivity index (χ0n) is 20.5. The third-order valence-corrected chi connectivity index (χ3v) is 7.72. The summed E-state index contributed by atoms with van der Waals surface area (Å²) in [6.07, 6.45) is 0. The quantitative estimate of drug-likeness (QED) is 0.0795. The fourth-order valence-corrected chi connectivity index (χ4v) is 5.68. The van der Waals surface area contributed by atoms with Crippen LogP contribution in [-0.4, -0.2) is 19.9 Å². The molecule has 0 unspecified atom stereocenters. The first kappa shape index (κ1) is 26.8. The standard InChI is InChI=1S/C28H22N4O4S2/c1-19-13-14-22(18-26(19)32(35)36)28(30-24-11-7-4-8-12-24)38-37-27(29-23-9-5-3-6-10-23)21-15-16-25(31(33)34)20(2)17-21/h3-18H,1-2H3. The summed E-state index contributed by atoms with van der Waals surface area (Å²) in [7, 11) is 2.64. The van der Waals surface area contributed by atoms with E-state index in [1.165, 1.54) is 33.7 Å². The van der Waals surface area contributed by atoms with Crippen molar-refractivity contribution >= 4 is 54.4 Å². The molecule has 4 aromatic carbocycles. The van der Waals surface area contributed by atoms with Crippen molar-refractivity contribution in [3.8, 4) is 0 Å². The second-order valence-corrected chi connectivity index (χ2v) is 10.3. The molecule has 0 spiro atoms. The van der Waals surface area contributed by atoms with Gasteiger partial charge in [0.2, 0.25) is 0 Å². The third kappa shape index (κ3) is 6.72. The van der Waals surface area contributed by atoms with E-state index >= 15 is 0 Å². The fourth-order valence-electron chi connectivity index (χ4n) is 3.51. The van der Waals surface area contributed by atoms with Crippen LogP contribution < -0.4 is 0 Å². The van der Waals surface area contributed by atoms with Crippen molar-refractivity contribution in [2.45, 2.75) is 13.8 Å². The van der Waals surface area contributed by atoms with E-state index < -0.39 is 9.85 Å². The molecule has 0 aliphatic heterocycles. The van der Waals surface area contributed by atoms with Crippen LogP contribution in [0.4, 0.5) is 22.7 Å². The third-order valence-electron chi connectivity index (χ3n) is 5.47. The Hall–Kier alpha value is -4.28. The molecule has 0 amide bonds. The van der Waals surface area contributed by atoms with Gasteiger partial charge in [0.1, 0.15) is 10.1 Å². The summed E-state index contributed by atoms with van der Waals surface area (Å²) >= 11 is 0. The van der Waals surface area contributed by atoms with E-state index in [9.17, 15) is 20.2 Å². The minimum absolute atomic E-state index is 0.0121. The molecule has 10 heteroatoms. The molecule has 8 nitrogen and oxygen atoms in total. The summed E-state index contributed by atoms with van der Waals surface area (Å²) < 4.78 is 0. The Morgan fingerprint density at radius 3 is 1.55 bits per heavy atom. The summed E-state index contributed by atoms with van der Waals surface area (Å²) in [4.78, 5) is 31.7. The molecule has 0 saturated carbocycles. The van der Waals surface area contributed by atoms with Gasteiger partial charge < -0.3 is 0 Å². The van der Waals surface area contributed by atoms with Crippen LogP contribution in [0.25, 0.3) is 0 Å². The van der Waals surface area contributed by atoms with Gasteiger partial charge in [0.05, 0.1) is 21.2 Å². The number of aryl methyl sites for hydroxylation is 2. The molecule has 0 aliphatic rings. The highest BCUT2D eigenvalue weighted by atomic mass is 33.1. The SMILES string of the molecule is Cc1cc(C(=Nc2ccccc2)SSC(=Nc2ccccc2)c2ccc(C)c([N+](=O)[O-])c2)ccc1[N+](=O)[O-]. The highest BCUT2D eigenvalue weighted by Gasteiger charge is 2.18. The number of hydrogen-bond acceptors (Lipinski definition) is 8. The maximum Gasteiger partial charge on any atom is 0.272 e. The van der Waals surface area contributed by atoms with Gasteiger partial charge in [-0.25, -0.2) is 9.98 Å². The molecule has 0 fully saturated rings. The molecule has 0 bridgehead atoms. The van der Waals surface area contributed by atoms with Crippen LogP contribution in [0.5, 0.6) is 0 Å². The molecule has 0 aliphatic carbocycles. The molecular formula is C28H22N4O4S2. The highest BCUT2D eigenvalue weighted by Crippen LogP contribution is 2.36. The van der Waals surface area contributed by atoms with Crippen molar-refractivity contribution in [1.82, 2.24) is 0 Å². The van der Waals surface area contributed by atoms with Gasteiger partial charge in [-0.2, -0.15) is 0 Å². The van der Waals surface area contributed by atoms with Crippen molar-refractivity contribution in [3.05, 3.63) is 140 Å². The first-order valence-electron chi connectivity index (χ1n) is 11.4. The maximum atomic E-state index is 11.6. The zero-order chi connectivity index (χ0) is 27.1. The van der Waals surface area contributed by atoms with E-state index in [0.717, 1.165) is 5.69 Å². The van der Waals surface area contributed by atoms with Crippen molar-refractivity contribution in [3.63, 3.8) is 0 Å². The molecule has 0 heterocycles. The van der Waals surface area contributed by atoms with E-state index in [-0.39, 0.29) is 11.4 Å². The largest absolute Gasteiger partial charge is 0.272 e. The summed E-state index contributed by atoms with van der Waals surface area (Å²) in [5, 5.41) is 24.1. The zero-order valence-corrected chi connectivity index (χ0v) is 22.1. The lowest BCUT2D eigenvalue weighted by Gasteiger charge is -2.10.